The van der Waals surface area contributed by atoms with Crippen molar-refractivity contribution in [2.75, 3.05) is 0 Å². The molecule has 14 heavy (non-hydrogen) atoms. The van der Waals surface area contributed by atoms with Gasteiger partial charge in [0.05, 0.1) is 12.1 Å². The molecule has 0 saturated heterocycles. The maximum absolute atomic E-state index is 10.3. The molecule has 78 valence electrons. The van der Waals surface area contributed by atoms with Gasteiger partial charge in [-0.3, -0.25) is 0 Å². The van der Waals surface area contributed by atoms with Gasteiger partial charge >= 0.3 is 0 Å². The van der Waals surface area contributed by atoms with Gasteiger partial charge in [0.15, 0.2) is 0 Å². The summed E-state index contributed by atoms with van der Waals surface area (Å²) in [6, 6.07) is 4.24. The topological polar surface area (TPSA) is 25.2 Å². The standard InChI is InChI=1S/C12H19NO/c1-10-5-6-11(2)13(10)9-12(14)7-3-4-8-12/h5-6,14H,3-4,7-9H2,1-2H3. The van der Waals surface area contributed by atoms with Crippen LogP contribution in [0.15, 0.2) is 12.1 Å². The Labute approximate surface area is 85.6 Å². The summed E-state index contributed by atoms with van der Waals surface area (Å²) in [5, 5.41) is 10.3. The van der Waals surface area contributed by atoms with Gasteiger partial charge in [0.2, 0.25) is 0 Å². The van der Waals surface area contributed by atoms with Gasteiger partial charge in [0, 0.05) is 11.4 Å². The van der Waals surface area contributed by atoms with Crippen LogP contribution in [0.25, 0.3) is 0 Å². The zero-order chi connectivity index (χ0) is 10.2. The molecule has 1 saturated carbocycles. The first-order chi connectivity index (χ1) is 6.61. The molecule has 1 aliphatic rings. The second kappa shape index (κ2) is 3.43. The largest absolute Gasteiger partial charge is 0.388 e. The highest BCUT2D eigenvalue weighted by atomic mass is 16.3. The number of aryl methyl sites for hydroxylation is 2. The van der Waals surface area contributed by atoms with Crippen LogP contribution in [0.4, 0.5) is 0 Å². The van der Waals surface area contributed by atoms with Gasteiger partial charge in [0.1, 0.15) is 0 Å². The summed E-state index contributed by atoms with van der Waals surface area (Å²) in [5.74, 6) is 0. The van der Waals surface area contributed by atoms with E-state index in [2.05, 4.69) is 30.5 Å². The van der Waals surface area contributed by atoms with E-state index in [4.69, 9.17) is 0 Å². The average Bonchev–Trinajstić information content (AvgIpc) is 2.68. The minimum Gasteiger partial charge on any atom is -0.388 e. The molecule has 2 nitrogen and oxygen atoms in total. The predicted octanol–water partition coefficient (Wildman–Crippen LogP) is 2.41. The van der Waals surface area contributed by atoms with Crippen LogP contribution in [0.3, 0.4) is 0 Å². The Bertz CT molecular complexity index is 302. The summed E-state index contributed by atoms with van der Waals surface area (Å²) in [6.07, 6.45) is 4.28. The van der Waals surface area contributed by atoms with Crippen molar-refractivity contribution < 1.29 is 5.11 Å². The molecule has 0 aromatic carbocycles. The average molecular weight is 193 g/mol. The summed E-state index contributed by atoms with van der Waals surface area (Å²) >= 11 is 0. The van der Waals surface area contributed by atoms with Crippen molar-refractivity contribution in [1.82, 2.24) is 4.57 Å². The second-order valence-electron chi connectivity index (χ2n) is 4.63. The van der Waals surface area contributed by atoms with Crippen molar-refractivity contribution in [3.63, 3.8) is 0 Å². The van der Waals surface area contributed by atoms with E-state index in [0.29, 0.717) is 0 Å². The van der Waals surface area contributed by atoms with Crippen molar-refractivity contribution in [1.29, 1.82) is 0 Å². The fourth-order valence-electron chi connectivity index (χ4n) is 2.43. The van der Waals surface area contributed by atoms with Crippen LogP contribution >= 0.6 is 0 Å². The zero-order valence-electron chi connectivity index (χ0n) is 9.08. The number of hydrogen-bond donors (Lipinski definition) is 1. The molecule has 2 rings (SSSR count). The Hall–Kier alpha value is -0.760. The Morgan fingerprint density at radius 1 is 1.21 bits per heavy atom. The normalized spacial score (nSPS) is 20.2. The number of aliphatic hydroxyl groups is 1. The van der Waals surface area contributed by atoms with Crippen molar-refractivity contribution in [2.45, 2.75) is 51.7 Å². The smallest absolute Gasteiger partial charge is 0.0825 e. The fourth-order valence-corrected chi connectivity index (χ4v) is 2.43. The van der Waals surface area contributed by atoms with Crippen LogP contribution in [0, 0.1) is 13.8 Å². The lowest BCUT2D eigenvalue weighted by Crippen LogP contribution is -2.31. The van der Waals surface area contributed by atoms with E-state index in [1.54, 1.807) is 0 Å². The third kappa shape index (κ3) is 1.71. The van der Waals surface area contributed by atoms with Crippen LogP contribution in [0.1, 0.15) is 37.1 Å². The fraction of sp³-hybridized carbons (Fsp3) is 0.667. The van der Waals surface area contributed by atoms with E-state index in [1.165, 1.54) is 24.2 Å². The summed E-state index contributed by atoms with van der Waals surface area (Å²) in [4.78, 5) is 0. The lowest BCUT2D eigenvalue weighted by atomic mass is 10.0. The van der Waals surface area contributed by atoms with E-state index < -0.39 is 5.60 Å². The molecule has 2 heteroatoms. The molecule has 0 amide bonds. The Balaban J connectivity index is 2.17. The van der Waals surface area contributed by atoms with E-state index >= 15 is 0 Å². The minimum absolute atomic E-state index is 0.436. The molecule has 0 bridgehead atoms. The zero-order valence-corrected chi connectivity index (χ0v) is 9.08. The first-order valence-corrected chi connectivity index (χ1v) is 5.46. The van der Waals surface area contributed by atoms with Crippen LogP contribution < -0.4 is 0 Å². The molecular formula is C12H19NO. The molecule has 1 fully saturated rings. The molecule has 0 radical (unpaired) electrons. The highest BCUT2D eigenvalue weighted by molar-refractivity contribution is 5.14. The number of aromatic nitrogens is 1. The molecule has 0 atom stereocenters. The highest BCUT2D eigenvalue weighted by Gasteiger charge is 2.31. The van der Waals surface area contributed by atoms with Gasteiger partial charge in [0.25, 0.3) is 0 Å². The molecule has 1 aromatic rings. The maximum atomic E-state index is 10.3. The minimum atomic E-state index is -0.436. The van der Waals surface area contributed by atoms with Gasteiger partial charge < -0.3 is 9.67 Å². The van der Waals surface area contributed by atoms with E-state index in [9.17, 15) is 5.11 Å². The van der Waals surface area contributed by atoms with Gasteiger partial charge in [-0.05, 0) is 38.8 Å². The van der Waals surface area contributed by atoms with E-state index in [0.717, 1.165) is 19.4 Å². The number of rotatable bonds is 2. The first kappa shape index (κ1) is 9.78. The van der Waals surface area contributed by atoms with Gasteiger partial charge in [-0.25, -0.2) is 0 Å². The van der Waals surface area contributed by atoms with E-state index in [-0.39, 0.29) is 0 Å². The quantitative estimate of drug-likeness (QED) is 0.766. The Kier molecular flexibility index (Phi) is 2.40. The summed E-state index contributed by atoms with van der Waals surface area (Å²) in [6.45, 7) is 4.98. The predicted molar refractivity (Wildman–Crippen MR) is 57.3 cm³/mol. The summed E-state index contributed by atoms with van der Waals surface area (Å²) < 4.78 is 2.23. The molecule has 1 aliphatic carbocycles. The van der Waals surface area contributed by atoms with Crippen LogP contribution in [0.5, 0.6) is 0 Å². The number of nitrogens with zero attached hydrogens (tertiary/aromatic N) is 1. The molecule has 0 unspecified atom stereocenters. The molecule has 1 N–H and O–H groups in total. The SMILES string of the molecule is Cc1ccc(C)n1CC1(O)CCCC1. The van der Waals surface area contributed by atoms with Gasteiger partial charge in [-0.1, -0.05) is 12.8 Å². The van der Waals surface area contributed by atoms with Crippen molar-refractivity contribution >= 4 is 0 Å². The molecule has 1 heterocycles. The monoisotopic (exact) mass is 193 g/mol. The number of hydrogen-bond acceptors (Lipinski definition) is 1. The van der Waals surface area contributed by atoms with Crippen LogP contribution in [0.2, 0.25) is 0 Å². The summed E-state index contributed by atoms with van der Waals surface area (Å²) in [5.41, 5.74) is 2.07. The highest BCUT2D eigenvalue weighted by Crippen LogP contribution is 2.31. The molecule has 1 aromatic heterocycles. The van der Waals surface area contributed by atoms with Crippen molar-refractivity contribution in [3.8, 4) is 0 Å². The Morgan fingerprint density at radius 3 is 2.21 bits per heavy atom. The molecular weight excluding hydrogens is 174 g/mol. The van der Waals surface area contributed by atoms with Gasteiger partial charge in [-0.2, -0.15) is 0 Å². The first-order valence-electron chi connectivity index (χ1n) is 5.46. The van der Waals surface area contributed by atoms with E-state index in [1.807, 2.05) is 0 Å². The lowest BCUT2D eigenvalue weighted by Gasteiger charge is -2.24. The lowest BCUT2D eigenvalue weighted by molar-refractivity contribution is 0.0290. The molecule has 0 aliphatic heterocycles. The third-order valence-electron chi connectivity index (χ3n) is 3.40. The van der Waals surface area contributed by atoms with Crippen molar-refractivity contribution in [2.24, 2.45) is 0 Å². The second-order valence-corrected chi connectivity index (χ2v) is 4.63. The summed E-state index contributed by atoms with van der Waals surface area (Å²) in [7, 11) is 0. The van der Waals surface area contributed by atoms with Crippen LogP contribution in [-0.4, -0.2) is 15.3 Å². The third-order valence-corrected chi connectivity index (χ3v) is 3.40. The Morgan fingerprint density at radius 2 is 1.71 bits per heavy atom. The maximum Gasteiger partial charge on any atom is 0.0825 e. The molecule has 0 spiro atoms. The van der Waals surface area contributed by atoms with Crippen LogP contribution in [-0.2, 0) is 6.54 Å². The van der Waals surface area contributed by atoms with Crippen molar-refractivity contribution in [3.05, 3.63) is 23.5 Å². The van der Waals surface area contributed by atoms with Gasteiger partial charge in [-0.15, -0.1) is 0 Å².